The molecule has 0 aliphatic rings. The van der Waals surface area contributed by atoms with E-state index in [-0.39, 0.29) is 4.90 Å². The Hall–Kier alpha value is -2.13. The van der Waals surface area contributed by atoms with Gasteiger partial charge in [0.2, 0.25) is 10.0 Å². The number of fused-ring (bicyclic) bond motifs is 1. The van der Waals surface area contributed by atoms with Crippen LogP contribution in [0.1, 0.15) is 13.8 Å². The molecule has 8 nitrogen and oxygen atoms in total. The van der Waals surface area contributed by atoms with Crippen LogP contribution in [0.5, 0.6) is 0 Å². The molecule has 0 bridgehead atoms. The van der Waals surface area contributed by atoms with Crippen LogP contribution in [0.25, 0.3) is 11.0 Å². The van der Waals surface area contributed by atoms with Gasteiger partial charge in [0.1, 0.15) is 5.54 Å². The summed E-state index contributed by atoms with van der Waals surface area (Å²) in [5, 5.41) is 9.14. The molecule has 0 saturated heterocycles. The minimum Gasteiger partial charge on any atom is -0.480 e. The second kappa shape index (κ2) is 4.71. The number of carbonyl (C=O) groups is 1. The van der Waals surface area contributed by atoms with Crippen molar-refractivity contribution in [1.29, 1.82) is 0 Å². The van der Waals surface area contributed by atoms with Crippen molar-refractivity contribution in [2.75, 3.05) is 7.05 Å². The van der Waals surface area contributed by atoms with Gasteiger partial charge in [0, 0.05) is 7.05 Å². The summed E-state index contributed by atoms with van der Waals surface area (Å²) in [5.74, 6) is -1.26. The highest BCUT2D eigenvalue weighted by Gasteiger charge is 2.40. The van der Waals surface area contributed by atoms with E-state index in [0.29, 0.717) is 11.0 Å². The van der Waals surface area contributed by atoms with Crippen LogP contribution in [0.4, 0.5) is 0 Å². The Morgan fingerprint density at radius 2 is 1.81 bits per heavy atom. The fourth-order valence-electron chi connectivity index (χ4n) is 1.77. The predicted molar refractivity (Wildman–Crippen MR) is 75.6 cm³/mol. The molecule has 3 N–H and O–H groups in total. The summed E-state index contributed by atoms with van der Waals surface area (Å²) in [7, 11) is -2.81. The first-order chi connectivity index (χ1) is 9.56. The Morgan fingerprint density at radius 1 is 1.24 bits per heavy atom. The van der Waals surface area contributed by atoms with Gasteiger partial charge in [0.05, 0.1) is 15.9 Å². The normalized spacial score (nSPS) is 13.0. The number of aromatic amines is 2. The van der Waals surface area contributed by atoms with Gasteiger partial charge in [-0.15, -0.1) is 0 Å². The number of hydrogen-bond acceptors (Lipinski definition) is 4. The third-order valence-electron chi connectivity index (χ3n) is 3.46. The molecule has 0 spiro atoms. The molecule has 1 aromatic heterocycles. The van der Waals surface area contributed by atoms with Gasteiger partial charge < -0.3 is 15.1 Å². The van der Waals surface area contributed by atoms with Crippen molar-refractivity contribution in [3.8, 4) is 0 Å². The minimum absolute atomic E-state index is 0.0953. The molecule has 1 heterocycles. The van der Waals surface area contributed by atoms with Crippen LogP contribution in [0.15, 0.2) is 27.9 Å². The molecule has 0 radical (unpaired) electrons. The molecule has 21 heavy (non-hydrogen) atoms. The van der Waals surface area contributed by atoms with Gasteiger partial charge in [-0.1, -0.05) is 0 Å². The zero-order valence-electron chi connectivity index (χ0n) is 11.7. The highest BCUT2D eigenvalue weighted by Crippen LogP contribution is 2.24. The number of nitrogens with zero attached hydrogens (tertiary/aromatic N) is 1. The maximum Gasteiger partial charge on any atom is 0.324 e. The molecule has 0 saturated carbocycles. The predicted octanol–water partition coefficient (Wildman–Crippen LogP) is 0.340. The number of aliphatic carboxylic acids is 1. The van der Waals surface area contributed by atoms with Crippen LogP contribution < -0.4 is 5.69 Å². The SMILES string of the molecule is CN(C(C)(C)C(=O)O)S(=O)(=O)c1ccc2[nH]c(=O)[nH]c2c1. The number of carboxylic acid groups (broad SMARTS) is 1. The fourth-order valence-corrected chi connectivity index (χ4v) is 3.27. The lowest BCUT2D eigenvalue weighted by molar-refractivity contribution is -0.145. The summed E-state index contributed by atoms with van der Waals surface area (Å²) >= 11 is 0. The standard InChI is InChI=1S/C12H15N3O5S/c1-12(2,10(16)17)15(3)21(19,20)7-4-5-8-9(6-7)14-11(18)13-8/h4-6H,1-3H3,(H,16,17)(H2,13,14,18). The minimum atomic E-state index is -4.01. The molecule has 9 heteroatoms. The van der Waals surface area contributed by atoms with E-state index >= 15 is 0 Å². The van der Waals surface area contributed by atoms with Gasteiger partial charge in [0.15, 0.2) is 0 Å². The summed E-state index contributed by atoms with van der Waals surface area (Å²) in [4.78, 5) is 27.2. The largest absolute Gasteiger partial charge is 0.480 e. The van der Waals surface area contributed by atoms with Crippen LogP contribution in [0, 0.1) is 0 Å². The Labute approximate surface area is 120 Å². The lowest BCUT2D eigenvalue weighted by Gasteiger charge is -2.30. The third-order valence-corrected chi connectivity index (χ3v) is 5.48. The van der Waals surface area contributed by atoms with Crippen molar-refractivity contribution in [1.82, 2.24) is 14.3 Å². The zero-order valence-corrected chi connectivity index (χ0v) is 12.5. The molecule has 0 fully saturated rings. The molecule has 0 unspecified atom stereocenters. The van der Waals surface area contributed by atoms with Crippen LogP contribution >= 0.6 is 0 Å². The monoisotopic (exact) mass is 313 g/mol. The second-order valence-corrected chi connectivity index (χ2v) is 7.09. The molecular formula is C12H15N3O5S. The third kappa shape index (κ3) is 2.45. The topological polar surface area (TPSA) is 123 Å². The molecule has 1 aromatic carbocycles. The van der Waals surface area contributed by atoms with Gasteiger partial charge in [-0.05, 0) is 32.0 Å². The number of rotatable bonds is 4. The highest BCUT2D eigenvalue weighted by molar-refractivity contribution is 7.89. The van der Waals surface area contributed by atoms with Crippen molar-refractivity contribution in [3.63, 3.8) is 0 Å². The number of likely N-dealkylation sites (N-methyl/N-ethyl adjacent to an activating group) is 1. The molecular weight excluding hydrogens is 298 g/mol. The van der Waals surface area contributed by atoms with E-state index in [1.807, 2.05) is 0 Å². The first-order valence-corrected chi connectivity index (χ1v) is 7.45. The van der Waals surface area contributed by atoms with E-state index in [1.54, 1.807) is 0 Å². The van der Waals surface area contributed by atoms with E-state index in [4.69, 9.17) is 5.11 Å². The highest BCUT2D eigenvalue weighted by atomic mass is 32.2. The zero-order chi connectivity index (χ0) is 16.0. The van der Waals surface area contributed by atoms with Crippen LogP contribution in [-0.2, 0) is 14.8 Å². The Morgan fingerprint density at radius 3 is 2.38 bits per heavy atom. The van der Waals surface area contributed by atoms with Crippen LogP contribution in [-0.4, -0.2) is 46.4 Å². The molecule has 0 amide bonds. The molecule has 0 aliphatic carbocycles. The molecule has 2 aromatic rings. The number of benzene rings is 1. The van der Waals surface area contributed by atoms with Crippen molar-refractivity contribution in [2.45, 2.75) is 24.3 Å². The number of sulfonamides is 1. The van der Waals surface area contributed by atoms with Crippen LogP contribution in [0.2, 0.25) is 0 Å². The summed E-state index contributed by atoms with van der Waals surface area (Å²) in [6.45, 7) is 2.59. The fraction of sp³-hybridized carbons (Fsp3) is 0.333. The Kier molecular flexibility index (Phi) is 3.42. The van der Waals surface area contributed by atoms with E-state index in [1.165, 1.54) is 39.1 Å². The summed E-state index contributed by atoms with van der Waals surface area (Å²) in [5.41, 5.74) is -1.24. The molecule has 2 rings (SSSR count). The van der Waals surface area contributed by atoms with Gasteiger partial charge in [-0.2, -0.15) is 4.31 Å². The number of nitrogens with one attached hydrogen (secondary N) is 2. The smallest absolute Gasteiger partial charge is 0.324 e. The lowest BCUT2D eigenvalue weighted by atomic mass is 10.1. The second-order valence-electron chi connectivity index (χ2n) is 5.12. The molecule has 114 valence electrons. The summed E-state index contributed by atoms with van der Waals surface area (Å²) in [6.07, 6.45) is 0. The number of H-pyrrole nitrogens is 2. The van der Waals surface area contributed by atoms with E-state index in [9.17, 15) is 18.0 Å². The molecule has 0 aliphatic heterocycles. The quantitative estimate of drug-likeness (QED) is 0.751. The summed E-state index contributed by atoms with van der Waals surface area (Å²) in [6, 6.07) is 4.05. The van der Waals surface area contributed by atoms with Crippen molar-refractivity contribution in [2.24, 2.45) is 0 Å². The Bertz CT molecular complexity index is 862. The molecule has 0 atom stereocenters. The lowest BCUT2D eigenvalue weighted by Crippen LogP contribution is -2.50. The number of hydrogen-bond donors (Lipinski definition) is 3. The number of aromatic nitrogens is 2. The van der Waals surface area contributed by atoms with E-state index < -0.39 is 27.2 Å². The maximum atomic E-state index is 12.5. The van der Waals surface area contributed by atoms with Crippen molar-refractivity contribution < 1.29 is 18.3 Å². The average Bonchev–Trinajstić information content (AvgIpc) is 2.76. The van der Waals surface area contributed by atoms with Gasteiger partial charge >= 0.3 is 11.7 Å². The Balaban J connectivity index is 2.55. The van der Waals surface area contributed by atoms with E-state index in [0.717, 1.165) is 4.31 Å². The number of carboxylic acids is 1. The van der Waals surface area contributed by atoms with Gasteiger partial charge in [-0.3, -0.25) is 4.79 Å². The maximum absolute atomic E-state index is 12.5. The average molecular weight is 313 g/mol. The first kappa shape index (κ1) is 15.3. The number of imidazole rings is 1. The van der Waals surface area contributed by atoms with Crippen molar-refractivity contribution >= 4 is 27.0 Å². The van der Waals surface area contributed by atoms with Crippen LogP contribution in [0.3, 0.4) is 0 Å². The van der Waals surface area contributed by atoms with Gasteiger partial charge in [-0.25, -0.2) is 13.2 Å². The van der Waals surface area contributed by atoms with Gasteiger partial charge in [0.25, 0.3) is 0 Å². The van der Waals surface area contributed by atoms with Crippen molar-refractivity contribution in [3.05, 3.63) is 28.7 Å². The van der Waals surface area contributed by atoms with E-state index in [2.05, 4.69) is 9.97 Å². The first-order valence-electron chi connectivity index (χ1n) is 6.01. The summed E-state index contributed by atoms with van der Waals surface area (Å²) < 4.78 is 25.8.